The Morgan fingerprint density at radius 1 is 1.10 bits per heavy atom. The molecule has 1 N–H and O–H groups in total. The van der Waals surface area contributed by atoms with Gasteiger partial charge in [-0.1, -0.05) is 17.7 Å². The van der Waals surface area contributed by atoms with E-state index in [1.54, 1.807) is 28.9 Å². The summed E-state index contributed by atoms with van der Waals surface area (Å²) in [6, 6.07) is 9.34. The Labute approximate surface area is 185 Å². The Morgan fingerprint density at radius 3 is 2.48 bits per heavy atom. The summed E-state index contributed by atoms with van der Waals surface area (Å²) in [4.78, 5) is 12.9. The maximum atomic E-state index is 13.3. The zero-order chi connectivity index (χ0) is 22.5. The van der Waals surface area contributed by atoms with E-state index >= 15 is 0 Å². The second-order valence-corrected chi connectivity index (χ2v) is 7.33. The minimum atomic E-state index is -0.392. The molecule has 3 aromatic rings. The summed E-state index contributed by atoms with van der Waals surface area (Å²) in [5.74, 6) is 0.441. The third kappa shape index (κ3) is 5.17. The lowest BCUT2D eigenvalue weighted by Gasteiger charge is -2.13. The molecule has 0 radical (unpaired) electrons. The van der Waals surface area contributed by atoms with Crippen molar-refractivity contribution in [1.82, 2.24) is 9.78 Å². The minimum Gasteiger partial charge on any atom is -0.490 e. The smallest absolute Gasteiger partial charge is 0.255 e. The number of aryl methyl sites for hydroxylation is 1. The molecule has 2 aromatic carbocycles. The van der Waals surface area contributed by atoms with Crippen molar-refractivity contribution < 1.29 is 18.7 Å². The van der Waals surface area contributed by atoms with Crippen molar-refractivity contribution in [2.75, 3.05) is 18.5 Å². The topological polar surface area (TPSA) is 65.4 Å². The molecule has 1 aromatic heterocycles. The molecular formula is C23H25ClFN3O3. The highest BCUT2D eigenvalue weighted by Crippen LogP contribution is 2.29. The molecule has 6 nitrogen and oxygen atoms in total. The van der Waals surface area contributed by atoms with Gasteiger partial charge in [0.25, 0.3) is 5.91 Å². The lowest BCUT2D eigenvalue weighted by molar-refractivity contribution is 0.102. The summed E-state index contributed by atoms with van der Waals surface area (Å²) in [5, 5.41) is 7.77. The molecule has 0 fully saturated rings. The van der Waals surface area contributed by atoms with E-state index < -0.39 is 5.82 Å². The van der Waals surface area contributed by atoms with E-state index in [2.05, 4.69) is 10.4 Å². The summed E-state index contributed by atoms with van der Waals surface area (Å²) < 4.78 is 26.2. The predicted molar refractivity (Wildman–Crippen MR) is 119 cm³/mol. The monoisotopic (exact) mass is 445 g/mol. The van der Waals surface area contributed by atoms with Crippen LogP contribution in [0.15, 0.2) is 36.4 Å². The van der Waals surface area contributed by atoms with E-state index in [0.717, 1.165) is 11.3 Å². The van der Waals surface area contributed by atoms with E-state index in [9.17, 15) is 9.18 Å². The number of carbonyl (C=O) groups is 1. The van der Waals surface area contributed by atoms with Gasteiger partial charge in [0.05, 0.1) is 36.8 Å². The molecule has 0 aliphatic rings. The van der Waals surface area contributed by atoms with Crippen LogP contribution in [0.3, 0.4) is 0 Å². The Kier molecular flexibility index (Phi) is 7.17. The average molecular weight is 446 g/mol. The van der Waals surface area contributed by atoms with Gasteiger partial charge >= 0.3 is 0 Å². The summed E-state index contributed by atoms with van der Waals surface area (Å²) in [5.41, 5.74) is 3.23. The molecule has 164 valence electrons. The molecule has 8 heteroatoms. The van der Waals surface area contributed by atoms with Gasteiger partial charge in [0.1, 0.15) is 5.82 Å². The van der Waals surface area contributed by atoms with Gasteiger partial charge in [-0.2, -0.15) is 5.10 Å². The molecule has 0 saturated heterocycles. The highest BCUT2D eigenvalue weighted by molar-refractivity contribution is 6.31. The first kappa shape index (κ1) is 22.6. The molecule has 0 unspecified atom stereocenters. The number of anilines is 1. The average Bonchev–Trinajstić information content (AvgIpc) is 2.99. The third-order valence-corrected chi connectivity index (χ3v) is 5.11. The first-order valence-corrected chi connectivity index (χ1v) is 10.4. The van der Waals surface area contributed by atoms with Crippen molar-refractivity contribution in [3.8, 4) is 11.5 Å². The molecule has 0 aliphatic carbocycles. The molecule has 0 atom stereocenters. The van der Waals surface area contributed by atoms with Crippen LogP contribution in [0.2, 0.25) is 5.02 Å². The SMILES string of the molecule is CCOc1ccc(C(=O)Nc2c(C)nn(Cc3ccc(F)cc3Cl)c2C)cc1OCC. The summed E-state index contributed by atoms with van der Waals surface area (Å²) in [7, 11) is 0. The summed E-state index contributed by atoms with van der Waals surface area (Å²) >= 11 is 6.15. The number of aromatic nitrogens is 2. The Balaban J connectivity index is 1.83. The van der Waals surface area contributed by atoms with Crippen molar-refractivity contribution in [1.29, 1.82) is 0 Å². The van der Waals surface area contributed by atoms with Crippen LogP contribution >= 0.6 is 11.6 Å². The van der Waals surface area contributed by atoms with Crippen molar-refractivity contribution in [3.63, 3.8) is 0 Å². The van der Waals surface area contributed by atoms with Gasteiger partial charge in [0.2, 0.25) is 0 Å². The van der Waals surface area contributed by atoms with Gasteiger partial charge in [0.15, 0.2) is 11.5 Å². The number of nitrogens with one attached hydrogen (secondary N) is 1. The fraction of sp³-hybridized carbons (Fsp3) is 0.304. The number of carbonyl (C=O) groups excluding carboxylic acids is 1. The highest BCUT2D eigenvalue weighted by atomic mass is 35.5. The predicted octanol–water partition coefficient (Wildman–Crippen LogP) is 5.39. The Hall–Kier alpha value is -3.06. The molecule has 0 aliphatic heterocycles. The number of nitrogens with zero attached hydrogens (tertiary/aromatic N) is 2. The van der Waals surface area contributed by atoms with E-state index in [0.29, 0.717) is 53.2 Å². The van der Waals surface area contributed by atoms with Crippen molar-refractivity contribution in [3.05, 3.63) is 69.8 Å². The van der Waals surface area contributed by atoms with Gasteiger partial charge < -0.3 is 14.8 Å². The first-order valence-electron chi connectivity index (χ1n) is 10.0. The van der Waals surface area contributed by atoms with Crippen LogP contribution < -0.4 is 14.8 Å². The van der Waals surface area contributed by atoms with Crippen LogP contribution in [0.4, 0.5) is 10.1 Å². The molecule has 1 heterocycles. The lowest BCUT2D eigenvalue weighted by atomic mass is 10.1. The van der Waals surface area contributed by atoms with Crippen LogP contribution in [0.5, 0.6) is 11.5 Å². The Bertz CT molecular complexity index is 1100. The van der Waals surface area contributed by atoms with Crippen molar-refractivity contribution in [2.24, 2.45) is 0 Å². The largest absolute Gasteiger partial charge is 0.490 e. The van der Waals surface area contributed by atoms with Crippen LogP contribution in [0.1, 0.15) is 41.2 Å². The second-order valence-electron chi connectivity index (χ2n) is 6.92. The van der Waals surface area contributed by atoms with Gasteiger partial charge in [-0.15, -0.1) is 0 Å². The maximum absolute atomic E-state index is 13.3. The fourth-order valence-electron chi connectivity index (χ4n) is 3.22. The number of benzene rings is 2. The van der Waals surface area contributed by atoms with Crippen LogP contribution in [-0.4, -0.2) is 28.9 Å². The number of rotatable bonds is 8. The van der Waals surface area contributed by atoms with Gasteiger partial charge in [-0.25, -0.2) is 4.39 Å². The highest BCUT2D eigenvalue weighted by Gasteiger charge is 2.18. The van der Waals surface area contributed by atoms with E-state index in [-0.39, 0.29) is 5.91 Å². The van der Waals surface area contributed by atoms with Crippen LogP contribution in [0.25, 0.3) is 0 Å². The number of amides is 1. The zero-order valence-electron chi connectivity index (χ0n) is 18.0. The number of hydrogen-bond donors (Lipinski definition) is 1. The quantitative estimate of drug-likeness (QED) is 0.504. The zero-order valence-corrected chi connectivity index (χ0v) is 18.7. The maximum Gasteiger partial charge on any atom is 0.255 e. The number of ether oxygens (including phenoxy) is 2. The molecular weight excluding hydrogens is 421 g/mol. The third-order valence-electron chi connectivity index (χ3n) is 4.76. The lowest BCUT2D eigenvalue weighted by Crippen LogP contribution is -2.14. The summed E-state index contributed by atoms with van der Waals surface area (Å²) in [6.45, 7) is 8.75. The number of halogens is 2. The number of hydrogen-bond acceptors (Lipinski definition) is 4. The van der Waals surface area contributed by atoms with Gasteiger partial charge in [-0.05, 0) is 63.6 Å². The first-order chi connectivity index (χ1) is 14.8. The van der Waals surface area contributed by atoms with Crippen molar-refractivity contribution >= 4 is 23.2 Å². The standard InChI is InChI=1S/C23H25ClFN3O3/c1-5-30-20-10-8-16(11-21(20)31-6-2)23(29)26-22-14(3)27-28(15(22)4)13-17-7-9-18(25)12-19(17)24/h7-12H,5-6,13H2,1-4H3,(H,26,29). The second kappa shape index (κ2) is 9.83. The molecule has 0 saturated carbocycles. The summed E-state index contributed by atoms with van der Waals surface area (Å²) in [6.07, 6.45) is 0. The normalized spacial score (nSPS) is 10.8. The van der Waals surface area contributed by atoms with Crippen LogP contribution in [0, 0.1) is 19.7 Å². The van der Waals surface area contributed by atoms with Gasteiger partial charge in [-0.3, -0.25) is 9.48 Å². The minimum absolute atomic E-state index is 0.283. The van der Waals surface area contributed by atoms with Crippen LogP contribution in [-0.2, 0) is 6.54 Å². The van der Waals surface area contributed by atoms with E-state index in [1.807, 2.05) is 27.7 Å². The van der Waals surface area contributed by atoms with Gasteiger partial charge in [0, 0.05) is 10.6 Å². The van der Waals surface area contributed by atoms with E-state index in [1.165, 1.54) is 12.1 Å². The van der Waals surface area contributed by atoms with E-state index in [4.69, 9.17) is 21.1 Å². The molecule has 0 bridgehead atoms. The fourth-order valence-corrected chi connectivity index (χ4v) is 3.45. The van der Waals surface area contributed by atoms with Crippen molar-refractivity contribution in [2.45, 2.75) is 34.2 Å². The molecule has 3 rings (SSSR count). The molecule has 0 spiro atoms. The molecule has 31 heavy (non-hydrogen) atoms. The molecule has 1 amide bonds. The Morgan fingerprint density at radius 2 is 1.81 bits per heavy atom.